The first kappa shape index (κ1) is 21.1. The van der Waals surface area contributed by atoms with Gasteiger partial charge in [0.1, 0.15) is 12.2 Å². The van der Waals surface area contributed by atoms with Crippen molar-refractivity contribution in [2.24, 2.45) is 11.3 Å². The molecule has 1 aliphatic heterocycles. The Hall–Kier alpha value is -1.24. The molecule has 9 heteroatoms. The average Bonchev–Trinajstić information content (AvgIpc) is 3.01. The lowest BCUT2D eigenvalue weighted by molar-refractivity contribution is -0.131. The highest BCUT2D eigenvalue weighted by Gasteiger charge is 2.51. The number of hydrogen-bond acceptors (Lipinski definition) is 5. The highest BCUT2D eigenvalue weighted by atomic mass is 32.2. The number of halogens is 1. The first-order chi connectivity index (χ1) is 11.9. The lowest BCUT2D eigenvalue weighted by Crippen LogP contribution is -2.56. The van der Waals surface area contributed by atoms with E-state index in [0.29, 0.717) is 6.54 Å². The Morgan fingerprint density at radius 3 is 2.62 bits per heavy atom. The van der Waals surface area contributed by atoms with Gasteiger partial charge in [-0.25, -0.2) is 17.5 Å². The summed E-state index contributed by atoms with van der Waals surface area (Å²) in [5.41, 5.74) is -0.600. The fraction of sp³-hybridized carbons (Fsp3) is 0.882. The maximum absolute atomic E-state index is 13.5. The SMILES string of the molecule is CC1(C)[C@@H](CNS(C)(=O)=O)CC[C@@]1(C)NCC(=O)N1C[C@@H](F)C[C@H]1C#N. The molecule has 0 bridgehead atoms. The monoisotopic (exact) mass is 388 g/mol. The number of nitrogens with one attached hydrogen (secondary N) is 2. The molecule has 26 heavy (non-hydrogen) atoms. The molecular formula is C17H29FN4O3S. The number of sulfonamides is 1. The van der Waals surface area contributed by atoms with E-state index in [1.807, 2.05) is 13.0 Å². The summed E-state index contributed by atoms with van der Waals surface area (Å²) in [5, 5.41) is 12.4. The zero-order chi connectivity index (χ0) is 19.8. The molecule has 1 saturated heterocycles. The highest BCUT2D eigenvalue weighted by Crippen LogP contribution is 2.49. The molecule has 0 aromatic carbocycles. The summed E-state index contributed by atoms with van der Waals surface area (Å²) in [6.45, 7) is 6.54. The van der Waals surface area contributed by atoms with Crippen molar-refractivity contribution in [1.82, 2.24) is 14.9 Å². The zero-order valence-electron chi connectivity index (χ0n) is 15.9. The molecule has 1 heterocycles. The van der Waals surface area contributed by atoms with Gasteiger partial charge in [-0.3, -0.25) is 4.79 Å². The Balaban J connectivity index is 1.98. The number of amides is 1. The highest BCUT2D eigenvalue weighted by molar-refractivity contribution is 7.88. The molecule has 1 aliphatic carbocycles. The van der Waals surface area contributed by atoms with Gasteiger partial charge in [0.15, 0.2) is 0 Å². The molecule has 0 spiro atoms. The molecular weight excluding hydrogens is 359 g/mol. The van der Waals surface area contributed by atoms with E-state index in [0.717, 1.165) is 19.1 Å². The molecule has 7 nitrogen and oxygen atoms in total. The standard InChI is InChI=1S/C17H29FN4O3S/c1-16(2)12(9-21-26(4,24)25)5-6-17(16,3)20-10-15(23)22-11-13(18)7-14(22)8-19/h12-14,20-21H,5-7,9-11H2,1-4H3/t12-,13+,14+,17-/m1/s1. The van der Waals surface area contributed by atoms with Crippen LogP contribution in [0.4, 0.5) is 4.39 Å². The molecule has 1 amide bonds. The van der Waals surface area contributed by atoms with Crippen LogP contribution >= 0.6 is 0 Å². The molecule has 2 fully saturated rings. The Labute approximate surface area is 155 Å². The summed E-state index contributed by atoms with van der Waals surface area (Å²) >= 11 is 0. The second-order valence-corrected chi connectivity index (χ2v) is 10.1. The van der Waals surface area contributed by atoms with Crippen LogP contribution in [0.2, 0.25) is 0 Å². The number of nitrogens with zero attached hydrogens (tertiary/aromatic N) is 2. The van der Waals surface area contributed by atoms with Crippen molar-refractivity contribution in [2.75, 3.05) is 25.9 Å². The summed E-state index contributed by atoms with van der Waals surface area (Å²) in [4.78, 5) is 13.8. The summed E-state index contributed by atoms with van der Waals surface area (Å²) in [6, 6.07) is 1.29. The number of carbonyl (C=O) groups excluding carboxylic acids is 1. The molecule has 2 aliphatic rings. The number of alkyl halides is 1. The van der Waals surface area contributed by atoms with Gasteiger partial charge in [-0.2, -0.15) is 5.26 Å². The van der Waals surface area contributed by atoms with Crippen LogP contribution in [-0.2, 0) is 14.8 Å². The predicted molar refractivity (Wildman–Crippen MR) is 96.4 cm³/mol. The van der Waals surface area contributed by atoms with E-state index in [4.69, 9.17) is 5.26 Å². The van der Waals surface area contributed by atoms with E-state index in [2.05, 4.69) is 23.9 Å². The van der Waals surface area contributed by atoms with Gasteiger partial charge >= 0.3 is 0 Å². The van der Waals surface area contributed by atoms with E-state index in [1.165, 1.54) is 4.90 Å². The van der Waals surface area contributed by atoms with Gasteiger partial charge in [0.2, 0.25) is 15.9 Å². The van der Waals surface area contributed by atoms with E-state index >= 15 is 0 Å². The van der Waals surface area contributed by atoms with Gasteiger partial charge in [-0.05, 0) is 31.1 Å². The smallest absolute Gasteiger partial charge is 0.237 e. The van der Waals surface area contributed by atoms with Gasteiger partial charge < -0.3 is 10.2 Å². The Morgan fingerprint density at radius 2 is 2.04 bits per heavy atom. The summed E-state index contributed by atoms with van der Waals surface area (Å²) in [6.07, 6.45) is 1.71. The lowest BCUT2D eigenvalue weighted by Gasteiger charge is -2.43. The average molecular weight is 389 g/mol. The lowest BCUT2D eigenvalue weighted by atomic mass is 9.71. The third-order valence-electron chi connectivity index (χ3n) is 6.38. The molecule has 0 radical (unpaired) electrons. The number of carbonyl (C=O) groups is 1. The Kier molecular flexibility index (Phi) is 6.00. The molecule has 0 aromatic rings. The second kappa shape index (κ2) is 7.41. The van der Waals surface area contributed by atoms with Crippen LogP contribution in [-0.4, -0.2) is 62.9 Å². The first-order valence-corrected chi connectivity index (χ1v) is 10.8. The number of rotatable bonds is 6. The number of nitriles is 1. The predicted octanol–water partition coefficient (Wildman–Crippen LogP) is 0.783. The third kappa shape index (κ3) is 4.35. The molecule has 2 N–H and O–H groups in total. The second-order valence-electron chi connectivity index (χ2n) is 8.29. The van der Waals surface area contributed by atoms with E-state index in [-0.39, 0.29) is 42.3 Å². The third-order valence-corrected chi connectivity index (χ3v) is 7.07. The van der Waals surface area contributed by atoms with Crippen LogP contribution in [0.5, 0.6) is 0 Å². The summed E-state index contributed by atoms with van der Waals surface area (Å²) in [7, 11) is -3.25. The molecule has 2 rings (SSSR count). The van der Waals surface area contributed by atoms with Gasteiger partial charge in [0, 0.05) is 18.5 Å². The minimum absolute atomic E-state index is 0.0280. The fourth-order valence-corrected chi connectivity index (χ4v) is 4.58. The molecule has 4 atom stereocenters. The topological polar surface area (TPSA) is 102 Å². The largest absolute Gasteiger partial charge is 0.323 e. The summed E-state index contributed by atoms with van der Waals surface area (Å²) < 4.78 is 38.8. The van der Waals surface area contributed by atoms with E-state index in [9.17, 15) is 17.6 Å². The van der Waals surface area contributed by atoms with Crippen LogP contribution in [0.3, 0.4) is 0 Å². The van der Waals surface area contributed by atoms with Crippen LogP contribution < -0.4 is 10.0 Å². The zero-order valence-corrected chi connectivity index (χ0v) is 16.7. The van der Waals surface area contributed by atoms with Gasteiger partial charge in [-0.1, -0.05) is 13.8 Å². The van der Waals surface area contributed by atoms with Crippen molar-refractivity contribution in [1.29, 1.82) is 5.26 Å². The van der Waals surface area contributed by atoms with Crippen LogP contribution in [0, 0.1) is 22.7 Å². The van der Waals surface area contributed by atoms with Crippen LogP contribution in [0.1, 0.15) is 40.0 Å². The van der Waals surface area contributed by atoms with Gasteiger partial charge in [-0.15, -0.1) is 0 Å². The maximum Gasteiger partial charge on any atom is 0.237 e. The van der Waals surface area contributed by atoms with Crippen LogP contribution in [0.25, 0.3) is 0 Å². The molecule has 1 saturated carbocycles. The van der Waals surface area contributed by atoms with Crippen molar-refractivity contribution >= 4 is 15.9 Å². The van der Waals surface area contributed by atoms with E-state index < -0.39 is 22.2 Å². The number of hydrogen-bond donors (Lipinski definition) is 2. The van der Waals surface area contributed by atoms with Crippen molar-refractivity contribution in [2.45, 2.75) is 57.8 Å². The van der Waals surface area contributed by atoms with Crippen molar-refractivity contribution in [3.8, 4) is 6.07 Å². The minimum Gasteiger partial charge on any atom is -0.323 e. The van der Waals surface area contributed by atoms with Crippen molar-refractivity contribution < 1.29 is 17.6 Å². The minimum atomic E-state index is -3.25. The first-order valence-electron chi connectivity index (χ1n) is 8.92. The quantitative estimate of drug-likeness (QED) is 0.700. The van der Waals surface area contributed by atoms with Crippen molar-refractivity contribution in [3.05, 3.63) is 0 Å². The molecule has 0 aromatic heterocycles. The van der Waals surface area contributed by atoms with Crippen molar-refractivity contribution in [3.63, 3.8) is 0 Å². The number of likely N-dealkylation sites (tertiary alicyclic amines) is 1. The van der Waals surface area contributed by atoms with E-state index in [1.54, 1.807) is 0 Å². The maximum atomic E-state index is 13.5. The molecule has 148 valence electrons. The normalized spacial score (nSPS) is 34.0. The van der Waals surface area contributed by atoms with Gasteiger partial charge in [0.05, 0.1) is 25.4 Å². The summed E-state index contributed by atoms with van der Waals surface area (Å²) in [5.74, 6) is -0.134. The van der Waals surface area contributed by atoms with Crippen LogP contribution in [0.15, 0.2) is 0 Å². The fourth-order valence-electron chi connectivity index (χ4n) is 4.08. The Bertz CT molecular complexity index is 691. The van der Waals surface area contributed by atoms with Gasteiger partial charge in [0.25, 0.3) is 0 Å². The Morgan fingerprint density at radius 1 is 1.38 bits per heavy atom. The molecule has 0 unspecified atom stereocenters.